The molecule has 1 N–H and O–H groups in total. The van der Waals surface area contributed by atoms with Crippen molar-refractivity contribution in [2.24, 2.45) is 22.2 Å². The first-order valence-electron chi connectivity index (χ1n) is 12.5. The molecule has 2 heterocycles. The van der Waals surface area contributed by atoms with Gasteiger partial charge < -0.3 is 5.32 Å². The first-order chi connectivity index (χ1) is 15.5. The van der Waals surface area contributed by atoms with Gasteiger partial charge in [0.2, 0.25) is 5.91 Å². The summed E-state index contributed by atoms with van der Waals surface area (Å²) in [5, 5.41) is 5.69. The molecule has 1 saturated heterocycles. The normalized spacial score (nSPS) is 40.0. The van der Waals surface area contributed by atoms with E-state index in [1.54, 1.807) is 11.1 Å². The fraction of sp³-hybridized carbons (Fsp3) is 0.517. The second-order valence-corrected chi connectivity index (χ2v) is 11.6. The molecule has 3 nitrogen and oxygen atoms in total. The van der Waals surface area contributed by atoms with E-state index in [0.717, 1.165) is 13.0 Å². The molecule has 0 unspecified atom stereocenters. The zero-order valence-corrected chi connectivity index (χ0v) is 19.0. The van der Waals surface area contributed by atoms with Crippen LogP contribution in [0.25, 0.3) is 10.8 Å². The van der Waals surface area contributed by atoms with Gasteiger partial charge in [-0.1, -0.05) is 36.8 Å². The van der Waals surface area contributed by atoms with Crippen molar-refractivity contribution in [3.63, 3.8) is 0 Å². The average molecular weight is 425 g/mol. The number of rotatable bonds is 1. The molecule has 2 bridgehead atoms. The first kappa shape index (κ1) is 19.1. The Bertz CT molecular complexity index is 1210. The van der Waals surface area contributed by atoms with Crippen molar-refractivity contribution in [2.75, 3.05) is 6.54 Å². The highest BCUT2D eigenvalue weighted by Gasteiger charge is 2.64. The fourth-order valence-corrected chi connectivity index (χ4v) is 8.94. The van der Waals surface area contributed by atoms with E-state index in [1.807, 2.05) is 12.4 Å². The van der Waals surface area contributed by atoms with Gasteiger partial charge in [-0.2, -0.15) is 0 Å². The van der Waals surface area contributed by atoms with E-state index in [2.05, 4.69) is 53.6 Å². The number of benzene rings is 1. The second-order valence-electron chi connectivity index (χ2n) is 11.6. The summed E-state index contributed by atoms with van der Waals surface area (Å²) in [5.41, 5.74) is 5.40. The van der Waals surface area contributed by atoms with Crippen LogP contribution in [0.3, 0.4) is 0 Å². The topological polar surface area (TPSA) is 42.0 Å². The van der Waals surface area contributed by atoms with Gasteiger partial charge in [-0.3, -0.25) is 9.78 Å². The Morgan fingerprint density at radius 3 is 3.00 bits per heavy atom. The van der Waals surface area contributed by atoms with Crippen molar-refractivity contribution in [1.82, 2.24) is 10.3 Å². The summed E-state index contributed by atoms with van der Waals surface area (Å²) >= 11 is 0. The number of carbonyl (C=O) groups is 1. The lowest BCUT2D eigenvalue weighted by Gasteiger charge is -2.53. The van der Waals surface area contributed by atoms with Crippen molar-refractivity contribution < 1.29 is 4.79 Å². The Morgan fingerprint density at radius 1 is 1.12 bits per heavy atom. The second kappa shape index (κ2) is 6.34. The molecule has 7 rings (SSSR count). The maximum Gasteiger partial charge on any atom is 0.220 e. The number of nitrogens with zero attached hydrogens (tertiary/aromatic N) is 1. The quantitative estimate of drug-likeness (QED) is 0.603. The summed E-state index contributed by atoms with van der Waals surface area (Å²) in [5.74, 6) is 1.59. The molecule has 5 atom stereocenters. The summed E-state index contributed by atoms with van der Waals surface area (Å²) in [7, 11) is 0. The van der Waals surface area contributed by atoms with Crippen LogP contribution in [0.5, 0.6) is 0 Å². The number of hydrogen-bond acceptors (Lipinski definition) is 2. The van der Waals surface area contributed by atoms with E-state index in [0.29, 0.717) is 23.7 Å². The van der Waals surface area contributed by atoms with Gasteiger partial charge in [-0.25, -0.2) is 0 Å². The minimum absolute atomic E-state index is 0.128. The lowest BCUT2D eigenvalue weighted by Crippen LogP contribution is -2.45. The third-order valence-electron chi connectivity index (χ3n) is 10.3. The summed E-state index contributed by atoms with van der Waals surface area (Å²) in [6, 6.07) is 9.18. The van der Waals surface area contributed by atoms with Gasteiger partial charge in [0.25, 0.3) is 0 Å². The van der Waals surface area contributed by atoms with Crippen LogP contribution in [0.1, 0.15) is 69.8 Å². The van der Waals surface area contributed by atoms with E-state index in [-0.39, 0.29) is 16.7 Å². The molecule has 1 aromatic carbocycles. The molecule has 1 aromatic heterocycles. The van der Waals surface area contributed by atoms with Gasteiger partial charge in [0.1, 0.15) is 0 Å². The minimum atomic E-state index is 0.128. The number of amides is 1. The van der Waals surface area contributed by atoms with Gasteiger partial charge in [0.05, 0.1) is 0 Å². The Hall–Kier alpha value is -2.42. The monoisotopic (exact) mass is 424 g/mol. The van der Waals surface area contributed by atoms with Gasteiger partial charge in [-0.05, 0) is 96.3 Å². The lowest BCUT2D eigenvalue weighted by molar-refractivity contribution is -0.122. The van der Waals surface area contributed by atoms with Crippen LogP contribution < -0.4 is 5.32 Å². The van der Waals surface area contributed by atoms with E-state index in [1.165, 1.54) is 54.9 Å². The summed E-state index contributed by atoms with van der Waals surface area (Å²) in [6.07, 6.45) is 18.3. The number of carbonyl (C=O) groups excluding carboxylic acids is 1. The van der Waals surface area contributed by atoms with Crippen molar-refractivity contribution in [1.29, 1.82) is 0 Å². The van der Waals surface area contributed by atoms with Crippen molar-refractivity contribution in [2.45, 2.75) is 64.2 Å². The largest absolute Gasteiger partial charge is 0.356 e. The maximum atomic E-state index is 12.6. The minimum Gasteiger partial charge on any atom is -0.356 e. The Labute approximate surface area is 190 Å². The lowest BCUT2D eigenvalue weighted by atomic mass is 9.50. The molecule has 1 amide bonds. The summed E-state index contributed by atoms with van der Waals surface area (Å²) < 4.78 is 0. The Morgan fingerprint density at radius 2 is 2.06 bits per heavy atom. The number of hydrogen-bond donors (Lipinski definition) is 1. The van der Waals surface area contributed by atoms with E-state index in [9.17, 15) is 4.79 Å². The number of pyridine rings is 1. The molecular formula is C29H32N2O. The fourth-order valence-electron chi connectivity index (χ4n) is 8.94. The van der Waals surface area contributed by atoms with E-state index in [4.69, 9.17) is 0 Å². The van der Waals surface area contributed by atoms with Crippen LogP contribution in [0.2, 0.25) is 0 Å². The molecule has 0 radical (unpaired) electrons. The number of nitrogens with one attached hydrogen (secondary N) is 1. The molecule has 2 saturated carbocycles. The highest BCUT2D eigenvalue weighted by atomic mass is 16.1. The zero-order chi connectivity index (χ0) is 21.6. The molecule has 2 aromatic rings. The standard InChI is InChI=1S/C29H32N2O/c1-27-9-6-23-15-22-8-13-31-26(32)16-28(22)10-11-29(23,18-28)25(27)5-4-24(27)20-3-2-19-7-12-30-17-21(19)14-20/h2-3,6-7,12,14-15,17,24-25H,4-5,8-11,13,16,18H2,1H3,(H,31,32)/t24-,25-,27-,28+,29-/m1/s1. The summed E-state index contributed by atoms with van der Waals surface area (Å²) in [4.78, 5) is 16.9. The highest BCUT2D eigenvalue weighted by Crippen LogP contribution is 2.74. The number of fused-ring (bicyclic) bond motifs is 2. The van der Waals surface area contributed by atoms with Crippen LogP contribution in [0.4, 0.5) is 0 Å². The van der Waals surface area contributed by atoms with E-state index >= 15 is 0 Å². The van der Waals surface area contributed by atoms with Gasteiger partial charge in [-0.15, -0.1) is 0 Å². The molecule has 4 aliphatic carbocycles. The average Bonchev–Trinajstić information content (AvgIpc) is 3.25. The van der Waals surface area contributed by atoms with E-state index < -0.39 is 0 Å². The maximum absolute atomic E-state index is 12.6. The predicted molar refractivity (Wildman–Crippen MR) is 127 cm³/mol. The molecule has 32 heavy (non-hydrogen) atoms. The number of allylic oxidation sites excluding steroid dienone is 3. The van der Waals surface area contributed by atoms with Crippen LogP contribution >= 0.6 is 0 Å². The van der Waals surface area contributed by atoms with Crippen LogP contribution in [0.15, 0.2) is 60.0 Å². The highest BCUT2D eigenvalue weighted by molar-refractivity contribution is 5.82. The Balaban J connectivity index is 1.31. The van der Waals surface area contributed by atoms with Crippen LogP contribution in [-0.2, 0) is 4.79 Å². The smallest absolute Gasteiger partial charge is 0.220 e. The summed E-state index contributed by atoms with van der Waals surface area (Å²) in [6.45, 7) is 3.39. The predicted octanol–water partition coefficient (Wildman–Crippen LogP) is 6.07. The molecule has 1 aliphatic heterocycles. The van der Waals surface area contributed by atoms with Crippen molar-refractivity contribution in [3.8, 4) is 0 Å². The van der Waals surface area contributed by atoms with Crippen LogP contribution in [0, 0.1) is 22.2 Å². The molecule has 3 heteroatoms. The SMILES string of the molecule is C[C@]12CC=C3C=C4CCNC(=O)C[C@]45CC[C@]3(C5)[C@@H]1CC[C@@H]2c1ccc2ccncc2c1. The van der Waals surface area contributed by atoms with Crippen molar-refractivity contribution >= 4 is 16.7 Å². The van der Waals surface area contributed by atoms with Crippen LogP contribution in [-0.4, -0.2) is 17.4 Å². The molecule has 3 fully saturated rings. The molecule has 5 aliphatic rings. The van der Waals surface area contributed by atoms with Gasteiger partial charge in [0, 0.05) is 36.2 Å². The Kier molecular flexibility index (Phi) is 3.78. The molecule has 164 valence electrons. The third kappa shape index (κ3) is 2.37. The third-order valence-corrected chi connectivity index (χ3v) is 10.3. The van der Waals surface area contributed by atoms with Gasteiger partial charge >= 0.3 is 0 Å². The number of aromatic nitrogens is 1. The molecular weight excluding hydrogens is 392 g/mol. The van der Waals surface area contributed by atoms with Gasteiger partial charge in [0.15, 0.2) is 0 Å². The molecule has 2 spiro atoms. The van der Waals surface area contributed by atoms with Crippen molar-refractivity contribution in [3.05, 3.63) is 65.5 Å². The first-order valence-corrected chi connectivity index (χ1v) is 12.5. The zero-order valence-electron chi connectivity index (χ0n) is 19.0.